The topological polar surface area (TPSA) is 34.1 Å². The van der Waals surface area contributed by atoms with Gasteiger partial charge >= 0.3 is 0 Å². The summed E-state index contributed by atoms with van der Waals surface area (Å²) in [5, 5.41) is 3.44. The Morgan fingerprint density at radius 1 is 1.14 bits per heavy atom. The number of pyridine rings is 1. The van der Waals surface area contributed by atoms with Gasteiger partial charge in [0.15, 0.2) is 0 Å². The van der Waals surface area contributed by atoms with E-state index in [4.69, 9.17) is 4.74 Å². The molecule has 1 N–H and O–H groups in total. The van der Waals surface area contributed by atoms with Gasteiger partial charge in [0.2, 0.25) is 5.88 Å². The highest BCUT2D eigenvalue weighted by Crippen LogP contribution is 2.17. The van der Waals surface area contributed by atoms with E-state index in [1.807, 2.05) is 37.7 Å². The van der Waals surface area contributed by atoms with Gasteiger partial charge in [-0.25, -0.2) is 4.98 Å². The molecule has 112 valence electrons. The molecule has 0 aliphatic heterocycles. The van der Waals surface area contributed by atoms with Crippen LogP contribution in [0.25, 0.3) is 0 Å². The summed E-state index contributed by atoms with van der Waals surface area (Å²) in [7, 11) is 0. The van der Waals surface area contributed by atoms with Crippen molar-refractivity contribution in [3.8, 4) is 5.88 Å². The van der Waals surface area contributed by atoms with Crippen LogP contribution < -0.4 is 10.1 Å². The number of aromatic nitrogens is 1. The fraction of sp³-hybridized carbons (Fsp3) is 0.353. The number of thioether (sulfide) groups is 1. The van der Waals surface area contributed by atoms with Crippen LogP contribution in [0, 0.1) is 0 Å². The lowest BCUT2D eigenvalue weighted by Crippen LogP contribution is -2.18. The van der Waals surface area contributed by atoms with Gasteiger partial charge < -0.3 is 10.1 Å². The Kier molecular flexibility index (Phi) is 6.57. The molecule has 0 unspecified atom stereocenters. The van der Waals surface area contributed by atoms with E-state index >= 15 is 0 Å². The normalized spacial score (nSPS) is 10.8. The van der Waals surface area contributed by atoms with E-state index in [0.717, 1.165) is 30.3 Å². The van der Waals surface area contributed by atoms with Crippen molar-refractivity contribution < 1.29 is 4.74 Å². The maximum atomic E-state index is 5.72. The van der Waals surface area contributed by atoms with Crippen LogP contribution in [0.3, 0.4) is 0 Å². The Bertz CT molecular complexity index is 531. The van der Waals surface area contributed by atoms with Gasteiger partial charge in [-0.05, 0) is 32.0 Å². The lowest BCUT2D eigenvalue weighted by molar-refractivity contribution is 0.229. The van der Waals surface area contributed by atoms with Crippen molar-refractivity contribution in [2.75, 3.05) is 12.3 Å². The van der Waals surface area contributed by atoms with Crippen LogP contribution in [-0.2, 0) is 6.54 Å². The third-order valence-electron chi connectivity index (χ3n) is 2.80. The van der Waals surface area contributed by atoms with Gasteiger partial charge in [-0.2, -0.15) is 0 Å². The van der Waals surface area contributed by atoms with Gasteiger partial charge in [0.1, 0.15) is 0 Å². The molecule has 0 fully saturated rings. The second-order valence-corrected chi connectivity index (χ2v) is 6.14. The first-order chi connectivity index (χ1) is 10.3. The number of benzene rings is 1. The Labute approximate surface area is 131 Å². The summed E-state index contributed by atoms with van der Waals surface area (Å²) in [6.45, 7) is 5.77. The quantitative estimate of drug-likeness (QED) is 0.595. The molecule has 4 heteroatoms. The summed E-state index contributed by atoms with van der Waals surface area (Å²) in [6.07, 6.45) is 1.92. The molecule has 0 bridgehead atoms. The minimum atomic E-state index is 0.146. The minimum absolute atomic E-state index is 0.146. The first-order valence-corrected chi connectivity index (χ1v) is 8.23. The minimum Gasteiger partial charge on any atom is -0.475 e. The van der Waals surface area contributed by atoms with E-state index in [1.54, 1.807) is 6.20 Å². The highest BCUT2D eigenvalue weighted by Gasteiger charge is 2.05. The third kappa shape index (κ3) is 5.78. The second-order valence-electron chi connectivity index (χ2n) is 4.97. The van der Waals surface area contributed by atoms with E-state index in [2.05, 4.69) is 40.6 Å². The lowest BCUT2D eigenvalue weighted by atomic mass is 10.2. The van der Waals surface area contributed by atoms with Crippen molar-refractivity contribution >= 4 is 11.8 Å². The fourth-order valence-electron chi connectivity index (χ4n) is 1.87. The average Bonchev–Trinajstić information content (AvgIpc) is 2.49. The van der Waals surface area contributed by atoms with Gasteiger partial charge in [0.05, 0.1) is 6.10 Å². The highest BCUT2D eigenvalue weighted by atomic mass is 32.2. The van der Waals surface area contributed by atoms with Crippen molar-refractivity contribution in [2.45, 2.75) is 31.4 Å². The molecule has 1 aromatic carbocycles. The maximum absolute atomic E-state index is 5.72. The Morgan fingerprint density at radius 3 is 2.71 bits per heavy atom. The van der Waals surface area contributed by atoms with Crippen molar-refractivity contribution in [3.63, 3.8) is 0 Å². The number of rotatable bonds is 8. The van der Waals surface area contributed by atoms with E-state index in [9.17, 15) is 0 Å². The molecule has 0 saturated heterocycles. The fourth-order valence-corrected chi connectivity index (χ4v) is 2.70. The zero-order chi connectivity index (χ0) is 14.9. The van der Waals surface area contributed by atoms with Crippen molar-refractivity contribution in [1.29, 1.82) is 0 Å². The summed E-state index contributed by atoms with van der Waals surface area (Å²) in [6, 6.07) is 14.5. The number of nitrogens with zero attached hydrogens (tertiary/aromatic N) is 1. The van der Waals surface area contributed by atoms with Crippen LogP contribution in [0.4, 0.5) is 0 Å². The Balaban J connectivity index is 1.73. The molecule has 0 saturated carbocycles. The first-order valence-electron chi connectivity index (χ1n) is 7.25. The molecule has 3 nitrogen and oxygen atoms in total. The van der Waals surface area contributed by atoms with E-state index in [0.29, 0.717) is 0 Å². The van der Waals surface area contributed by atoms with E-state index in [1.165, 1.54) is 4.90 Å². The first kappa shape index (κ1) is 15.9. The molecule has 2 aromatic rings. The van der Waals surface area contributed by atoms with Crippen LogP contribution in [0.5, 0.6) is 5.88 Å². The van der Waals surface area contributed by atoms with Crippen molar-refractivity contribution in [3.05, 3.63) is 54.2 Å². The predicted molar refractivity (Wildman–Crippen MR) is 88.9 cm³/mol. The monoisotopic (exact) mass is 302 g/mol. The zero-order valence-electron chi connectivity index (χ0n) is 12.6. The van der Waals surface area contributed by atoms with Crippen molar-refractivity contribution in [1.82, 2.24) is 10.3 Å². The molecule has 0 radical (unpaired) electrons. The van der Waals surface area contributed by atoms with Gasteiger partial charge in [-0.1, -0.05) is 24.3 Å². The molecular formula is C17H22N2OS. The van der Waals surface area contributed by atoms with Crippen LogP contribution in [-0.4, -0.2) is 23.4 Å². The molecule has 2 rings (SSSR count). The molecule has 0 spiro atoms. The average molecular weight is 302 g/mol. The van der Waals surface area contributed by atoms with Crippen LogP contribution in [0.15, 0.2) is 53.6 Å². The van der Waals surface area contributed by atoms with E-state index in [-0.39, 0.29) is 6.10 Å². The number of hydrogen-bond donors (Lipinski definition) is 1. The summed E-state index contributed by atoms with van der Waals surface area (Å²) in [4.78, 5) is 5.61. The van der Waals surface area contributed by atoms with Gasteiger partial charge in [-0.3, -0.25) is 0 Å². The van der Waals surface area contributed by atoms with Gasteiger partial charge in [0.25, 0.3) is 0 Å². The number of hydrogen-bond acceptors (Lipinski definition) is 4. The SMILES string of the molecule is CC(C)Oc1ncccc1CNCCSc1ccccc1. The van der Waals surface area contributed by atoms with E-state index < -0.39 is 0 Å². The Morgan fingerprint density at radius 2 is 1.95 bits per heavy atom. The molecule has 21 heavy (non-hydrogen) atoms. The van der Waals surface area contributed by atoms with Gasteiger partial charge in [0, 0.05) is 35.5 Å². The summed E-state index contributed by atoms with van der Waals surface area (Å²) < 4.78 is 5.72. The molecule has 1 heterocycles. The standard InChI is InChI=1S/C17H22N2OS/c1-14(2)20-17-15(7-6-10-19-17)13-18-11-12-21-16-8-4-3-5-9-16/h3-10,14,18H,11-13H2,1-2H3. The zero-order valence-corrected chi connectivity index (χ0v) is 13.4. The third-order valence-corrected chi connectivity index (χ3v) is 3.82. The van der Waals surface area contributed by atoms with Crippen LogP contribution >= 0.6 is 11.8 Å². The smallest absolute Gasteiger partial charge is 0.218 e. The molecule has 1 aromatic heterocycles. The van der Waals surface area contributed by atoms with Crippen LogP contribution in [0.1, 0.15) is 19.4 Å². The molecule has 0 amide bonds. The highest BCUT2D eigenvalue weighted by molar-refractivity contribution is 7.99. The van der Waals surface area contributed by atoms with Crippen molar-refractivity contribution in [2.24, 2.45) is 0 Å². The molecular weight excluding hydrogens is 280 g/mol. The molecule has 0 aliphatic carbocycles. The predicted octanol–water partition coefficient (Wildman–Crippen LogP) is 3.75. The summed E-state index contributed by atoms with van der Waals surface area (Å²) in [5.74, 6) is 1.78. The molecule has 0 atom stereocenters. The Hall–Kier alpha value is -1.52. The van der Waals surface area contributed by atoms with Crippen LogP contribution in [0.2, 0.25) is 0 Å². The summed E-state index contributed by atoms with van der Waals surface area (Å²) in [5.41, 5.74) is 1.11. The molecule has 0 aliphatic rings. The number of nitrogens with one attached hydrogen (secondary N) is 1. The largest absolute Gasteiger partial charge is 0.475 e. The number of ether oxygens (including phenoxy) is 1. The summed E-state index contributed by atoms with van der Waals surface area (Å²) >= 11 is 1.86. The maximum Gasteiger partial charge on any atom is 0.218 e. The second kappa shape index (κ2) is 8.70. The lowest BCUT2D eigenvalue weighted by Gasteiger charge is -2.13. The van der Waals surface area contributed by atoms with Gasteiger partial charge in [-0.15, -0.1) is 11.8 Å².